The number of Topliss-reactive ketones (excluding diaryl/α,β-unsaturated/α-hetero) is 1. The third-order valence-corrected chi connectivity index (χ3v) is 2.23. The van der Waals surface area contributed by atoms with Crippen LogP contribution in [0.4, 0.5) is 0 Å². The van der Waals surface area contributed by atoms with E-state index >= 15 is 0 Å². The third-order valence-electron chi connectivity index (χ3n) is 2.23. The van der Waals surface area contributed by atoms with Gasteiger partial charge in [-0.3, -0.25) is 4.79 Å². The predicted molar refractivity (Wildman–Crippen MR) is 50.4 cm³/mol. The Morgan fingerprint density at radius 2 is 2.46 bits per heavy atom. The highest BCUT2D eigenvalue weighted by atomic mass is 16.1. The summed E-state index contributed by atoms with van der Waals surface area (Å²) in [6.45, 7) is 1.88. The van der Waals surface area contributed by atoms with Gasteiger partial charge >= 0.3 is 0 Å². The second kappa shape index (κ2) is 3.09. The maximum atomic E-state index is 11.5. The lowest BCUT2D eigenvalue weighted by Crippen LogP contribution is -2.33. The van der Waals surface area contributed by atoms with E-state index in [1.54, 1.807) is 6.20 Å². The molecule has 68 valence electrons. The zero-order valence-corrected chi connectivity index (χ0v) is 7.53. The molecule has 0 aromatic carbocycles. The summed E-state index contributed by atoms with van der Waals surface area (Å²) >= 11 is 0. The summed E-state index contributed by atoms with van der Waals surface area (Å²) in [4.78, 5) is 13.4. The molecule has 3 nitrogen and oxygen atoms in total. The molecule has 13 heavy (non-hydrogen) atoms. The smallest absolute Gasteiger partial charge is 0.180 e. The first-order chi connectivity index (χ1) is 6.33. The Balaban J connectivity index is 2.20. The molecule has 3 heteroatoms. The molecule has 0 aromatic rings. The van der Waals surface area contributed by atoms with E-state index in [1.807, 2.05) is 36.3 Å². The molecule has 1 N–H and O–H groups in total. The fraction of sp³-hybridized carbons (Fsp3) is 0.300. The van der Waals surface area contributed by atoms with E-state index in [0.717, 1.165) is 5.70 Å². The van der Waals surface area contributed by atoms with E-state index in [4.69, 9.17) is 0 Å². The first-order valence-corrected chi connectivity index (χ1v) is 4.45. The van der Waals surface area contributed by atoms with Gasteiger partial charge in [0, 0.05) is 18.8 Å². The van der Waals surface area contributed by atoms with Crippen molar-refractivity contribution in [2.24, 2.45) is 0 Å². The second-order valence-electron chi connectivity index (χ2n) is 3.05. The molecule has 0 saturated carbocycles. The monoisotopic (exact) mass is 176 g/mol. The minimum absolute atomic E-state index is 0.135. The molecule has 0 radical (unpaired) electrons. The lowest BCUT2D eigenvalue weighted by Gasteiger charge is -2.24. The van der Waals surface area contributed by atoms with E-state index in [-0.39, 0.29) is 11.9 Å². The van der Waals surface area contributed by atoms with Gasteiger partial charge in [-0.15, -0.1) is 0 Å². The van der Waals surface area contributed by atoms with Gasteiger partial charge in [-0.2, -0.15) is 0 Å². The zero-order valence-electron chi connectivity index (χ0n) is 7.53. The molecular weight excluding hydrogens is 164 g/mol. The first-order valence-electron chi connectivity index (χ1n) is 4.45. The Morgan fingerprint density at radius 3 is 3.23 bits per heavy atom. The summed E-state index contributed by atoms with van der Waals surface area (Å²) in [6, 6.07) is 0. The summed E-state index contributed by atoms with van der Waals surface area (Å²) in [7, 11) is 0. The number of allylic oxidation sites excluding steroid dienone is 3. The summed E-state index contributed by atoms with van der Waals surface area (Å²) in [6.07, 6.45) is 10.3. The van der Waals surface area contributed by atoms with Gasteiger partial charge in [0.05, 0.1) is 0 Å². The molecule has 2 rings (SSSR count). The quantitative estimate of drug-likeness (QED) is 0.684. The molecule has 2 aliphatic rings. The van der Waals surface area contributed by atoms with Crippen molar-refractivity contribution in [1.82, 2.24) is 10.2 Å². The van der Waals surface area contributed by atoms with E-state index < -0.39 is 0 Å². The molecule has 0 amide bonds. The van der Waals surface area contributed by atoms with Crippen molar-refractivity contribution in [3.63, 3.8) is 0 Å². The van der Waals surface area contributed by atoms with Crippen molar-refractivity contribution < 1.29 is 4.79 Å². The van der Waals surface area contributed by atoms with Crippen LogP contribution in [0, 0.1) is 0 Å². The Bertz CT molecular complexity index is 315. The SMILES string of the molecule is CCC(=O)C1=CNC2C=CC=CN12. The number of carbonyl (C=O) groups excluding carboxylic acids is 1. The molecule has 0 fully saturated rings. The Kier molecular flexibility index (Phi) is 1.93. The summed E-state index contributed by atoms with van der Waals surface area (Å²) in [5, 5.41) is 3.13. The standard InChI is InChI=1S/C10H12N2O/c1-2-9(13)8-7-11-10-5-3-4-6-12(8)10/h3-7,10-11H,2H2,1H3. The van der Waals surface area contributed by atoms with Crippen LogP contribution >= 0.6 is 0 Å². The van der Waals surface area contributed by atoms with Crippen LogP contribution in [-0.4, -0.2) is 16.8 Å². The van der Waals surface area contributed by atoms with Crippen LogP contribution in [0.2, 0.25) is 0 Å². The maximum Gasteiger partial charge on any atom is 0.180 e. The Labute approximate surface area is 77.4 Å². The third kappa shape index (κ3) is 1.26. The minimum Gasteiger partial charge on any atom is -0.366 e. The maximum absolute atomic E-state index is 11.5. The van der Waals surface area contributed by atoms with Crippen molar-refractivity contribution >= 4 is 5.78 Å². The number of nitrogens with zero attached hydrogens (tertiary/aromatic N) is 1. The van der Waals surface area contributed by atoms with Crippen LogP contribution in [0.25, 0.3) is 0 Å². The lowest BCUT2D eigenvalue weighted by atomic mass is 10.2. The Morgan fingerprint density at radius 1 is 1.62 bits per heavy atom. The van der Waals surface area contributed by atoms with Gasteiger partial charge in [0.15, 0.2) is 5.78 Å². The number of hydrogen-bond acceptors (Lipinski definition) is 3. The van der Waals surface area contributed by atoms with Crippen molar-refractivity contribution in [1.29, 1.82) is 0 Å². The van der Waals surface area contributed by atoms with Gasteiger partial charge in [0.25, 0.3) is 0 Å². The highest BCUT2D eigenvalue weighted by molar-refractivity contribution is 5.95. The van der Waals surface area contributed by atoms with Crippen LogP contribution in [0.1, 0.15) is 13.3 Å². The normalized spacial score (nSPS) is 23.9. The molecule has 0 bridgehead atoms. The van der Waals surface area contributed by atoms with Crippen LogP contribution in [0.15, 0.2) is 36.3 Å². The summed E-state index contributed by atoms with van der Waals surface area (Å²) in [5.41, 5.74) is 0.758. The molecule has 1 atom stereocenters. The Hall–Kier alpha value is -1.51. The van der Waals surface area contributed by atoms with Crippen LogP contribution in [-0.2, 0) is 4.79 Å². The first kappa shape index (κ1) is 8.10. The van der Waals surface area contributed by atoms with E-state index in [2.05, 4.69) is 5.32 Å². The van der Waals surface area contributed by atoms with Gasteiger partial charge in [-0.05, 0) is 12.2 Å². The largest absolute Gasteiger partial charge is 0.366 e. The number of carbonyl (C=O) groups is 1. The predicted octanol–water partition coefficient (Wildman–Crippen LogP) is 1.12. The van der Waals surface area contributed by atoms with E-state index in [9.17, 15) is 4.79 Å². The fourth-order valence-corrected chi connectivity index (χ4v) is 1.51. The molecule has 0 aliphatic carbocycles. The molecule has 1 unspecified atom stereocenters. The van der Waals surface area contributed by atoms with Crippen molar-refractivity contribution in [3.8, 4) is 0 Å². The summed E-state index contributed by atoms with van der Waals surface area (Å²) in [5.74, 6) is 0.176. The van der Waals surface area contributed by atoms with Gasteiger partial charge in [-0.25, -0.2) is 0 Å². The lowest BCUT2D eigenvalue weighted by molar-refractivity contribution is -0.116. The topological polar surface area (TPSA) is 32.3 Å². The molecule has 0 spiro atoms. The van der Waals surface area contributed by atoms with Crippen LogP contribution in [0.5, 0.6) is 0 Å². The number of ketones is 1. The van der Waals surface area contributed by atoms with Gasteiger partial charge in [0.2, 0.25) is 0 Å². The highest BCUT2D eigenvalue weighted by Crippen LogP contribution is 2.20. The van der Waals surface area contributed by atoms with Gasteiger partial charge in [-0.1, -0.05) is 13.0 Å². The van der Waals surface area contributed by atoms with Crippen LogP contribution in [0.3, 0.4) is 0 Å². The van der Waals surface area contributed by atoms with Crippen molar-refractivity contribution in [3.05, 3.63) is 36.3 Å². The van der Waals surface area contributed by atoms with Crippen molar-refractivity contribution in [2.75, 3.05) is 0 Å². The number of nitrogens with one attached hydrogen (secondary N) is 1. The van der Waals surface area contributed by atoms with Crippen LogP contribution < -0.4 is 5.32 Å². The number of rotatable bonds is 2. The molecule has 2 heterocycles. The molecular formula is C10H12N2O. The highest BCUT2D eigenvalue weighted by Gasteiger charge is 2.26. The molecule has 0 saturated heterocycles. The molecule has 0 aromatic heterocycles. The second-order valence-corrected chi connectivity index (χ2v) is 3.05. The van der Waals surface area contributed by atoms with E-state index in [1.165, 1.54) is 0 Å². The van der Waals surface area contributed by atoms with Gasteiger partial charge in [0.1, 0.15) is 11.9 Å². The van der Waals surface area contributed by atoms with Crippen molar-refractivity contribution in [2.45, 2.75) is 19.5 Å². The molecule has 2 aliphatic heterocycles. The average molecular weight is 176 g/mol. The number of hydrogen-bond donors (Lipinski definition) is 1. The average Bonchev–Trinajstić information content (AvgIpc) is 2.60. The zero-order chi connectivity index (χ0) is 9.26. The van der Waals surface area contributed by atoms with E-state index in [0.29, 0.717) is 6.42 Å². The minimum atomic E-state index is 0.135. The fourth-order valence-electron chi connectivity index (χ4n) is 1.51. The summed E-state index contributed by atoms with van der Waals surface area (Å²) < 4.78 is 0. The van der Waals surface area contributed by atoms with Gasteiger partial charge < -0.3 is 10.2 Å². The number of fused-ring (bicyclic) bond motifs is 1.